The number of carbonyl (C=O) groups excluding carboxylic acids is 2. The van der Waals surface area contributed by atoms with Crippen LogP contribution in [0.15, 0.2) is 84.3 Å². The van der Waals surface area contributed by atoms with E-state index in [-0.39, 0.29) is 44.8 Å². The van der Waals surface area contributed by atoms with Crippen LogP contribution in [-0.2, 0) is 21.7 Å². The second kappa shape index (κ2) is 15.4. The van der Waals surface area contributed by atoms with Gasteiger partial charge in [0.1, 0.15) is 11.5 Å². The SMILES string of the molecule is O/C(=C\C(=[OH+])c1ccccc1)CCCCCCCC/C(O)=C/C(=[OH+])c1ccccc1.[Ti]. The summed E-state index contributed by atoms with van der Waals surface area (Å²) in [5, 5.41) is 19.9. The Kier molecular flexibility index (Phi) is 13.2. The number of ketones is 2. The van der Waals surface area contributed by atoms with Crippen molar-refractivity contribution in [1.82, 2.24) is 0 Å². The normalized spacial score (nSPS) is 11.6. The van der Waals surface area contributed by atoms with Crippen LogP contribution >= 0.6 is 0 Å². The molecule has 0 radical (unpaired) electrons. The van der Waals surface area contributed by atoms with Gasteiger partial charge in [-0.2, -0.15) is 0 Å². The Balaban J connectivity index is 0.00000480. The first-order chi connectivity index (χ1) is 14.6. The summed E-state index contributed by atoms with van der Waals surface area (Å²) in [4.78, 5) is 20.0. The number of allylic oxidation sites excluding steroid dienone is 4. The number of rotatable bonds is 13. The first kappa shape index (κ1) is 26.6. The zero-order valence-corrected chi connectivity index (χ0v) is 19.4. The second-order valence-electron chi connectivity index (χ2n) is 7.40. The van der Waals surface area contributed by atoms with Gasteiger partial charge >= 0.3 is 11.6 Å². The summed E-state index contributed by atoms with van der Waals surface area (Å²) in [5.74, 6) is 0.551. The van der Waals surface area contributed by atoms with E-state index >= 15 is 0 Å². The third-order valence-corrected chi connectivity index (χ3v) is 4.86. The van der Waals surface area contributed by atoms with E-state index in [2.05, 4.69) is 0 Å². The molecular formula is C26H32O4Ti+2. The van der Waals surface area contributed by atoms with Crippen LogP contribution in [0.3, 0.4) is 0 Å². The molecule has 2 aromatic rings. The Labute approximate surface area is 199 Å². The fraction of sp³-hybridized carbons (Fsp3) is 0.308. The molecule has 0 heterocycles. The molecule has 0 spiro atoms. The van der Waals surface area contributed by atoms with E-state index in [4.69, 9.17) is 0 Å². The Bertz CT molecular complexity index is 784. The molecule has 0 unspecified atom stereocenters. The molecule has 0 amide bonds. The molecule has 2 rings (SSSR count). The van der Waals surface area contributed by atoms with Crippen LogP contribution < -0.4 is 0 Å². The summed E-state index contributed by atoms with van der Waals surface area (Å²) in [7, 11) is 0. The summed E-state index contributed by atoms with van der Waals surface area (Å²) in [6.07, 6.45) is 9.83. The first-order valence-electron chi connectivity index (χ1n) is 10.6. The van der Waals surface area contributed by atoms with Gasteiger partial charge in [-0.3, -0.25) is 9.59 Å². The van der Waals surface area contributed by atoms with Gasteiger partial charge in [-0.1, -0.05) is 62.1 Å². The second-order valence-corrected chi connectivity index (χ2v) is 7.40. The van der Waals surface area contributed by atoms with Crippen LogP contribution in [-0.4, -0.2) is 31.4 Å². The van der Waals surface area contributed by atoms with Crippen LogP contribution in [0.25, 0.3) is 0 Å². The monoisotopic (exact) mass is 456 g/mol. The summed E-state index contributed by atoms with van der Waals surface area (Å²) in [6, 6.07) is 18.3. The molecule has 4 nitrogen and oxygen atoms in total. The average molecular weight is 456 g/mol. The summed E-state index contributed by atoms with van der Waals surface area (Å²) in [6.45, 7) is 0. The molecule has 0 fully saturated rings. The molecule has 2 aromatic carbocycles. The van der Waals surface area contributed by atoms with Gasteiger partial charge in [-0.25, -0.2) is 0 Å². The number of aliphatic hydroxyl groups excluding tert-OH is 2. The van der Waals surface area contributed by atoms with Gasteiger partial charge in [0.15, 0.2) is 0 Å². The Morgan fingerprint density at radius 3 is 1.26 bits per heavy atom. The van der Waals surface area contributed by atoms with Crippen molar-refractivity contribution in [3.8, 4) is 0 Å². The van der Waals surface area contributed by atoms with Gasteiger partial charge in [-0.05, 0) is 37.1 Å². The van der Waals surface area contributed by atoms with Crippen molar-refractivity contribution in [2.24, 2.45) is 0 Å². The van der Waals surface area contributed by atoms with E-state index in [1.807, 2.05) is 36.4 Å². The fourth-order valence-corrected chi connectivity index (χ4v) is 3.16. The topological polar surface area (TPSA) is 83.3 Å². The van der Waals surface area contributed by atoms with Gasteiger partial charge in [-0.15, -0.1) is 0 Å². The van der Waals surface area contributed by atoms with Crippen molar-refractivity contribution < 1.29 is 41.5 Å². The molecule has 0 saturated carbocycles. The zero-order valence-electron chi connectivity index (χ0n) is 17.9. The van der Waals surface area contributed by atoms with E-state index in [0.717, 1.165) is 38.5 Å². The van der Waals surface area contributed by atoms with Crippen LogP contribution in [0.5, 0.6) is 0 Å². The smallest absolute Gasteiger partial charge is 0.350 e. The van der Waals surface area contributed by atoms with Crippen molar-refractivity contribution >= 4 is 11.6 Å². The fourth-order valence-electron chi connectivity index (χ4n) is 3.16. The molecule has 0 atom stereocenters. The standard InChI is InChI=1S/C26H30O4.Ti/c27-23(19-25(29)21-13-7-5-8-14-21)17-11-3-1-2-4-12-18-24(28)20-26(30)22-15-9-6-10-16-22;/h5-10,13-16,19-20,27-28H,1-4,11-12,17-18H2;/p+2/b23-19-,24-20-;. The molecular weight excluding hydrogens is 424 g/mol. The maximum Gasteiger partial charge on any atom is 0.350 e. The quantitative estimate of drug-likeness (QED) is 0.0943. The summed E-state index contributed by atoms with van der Waals surface area (Å²) in [5.41, 5.74) is 1.38. The minimum Gasteiger partial charge on any atom is -0.512 e. The first-order valence-corrected chi connectivity index (χ1v) is 10.6. The number of unbranched alkanes of at least 4 members (excludes halogenated alkanes) is 5. The van der Waals surface area contributed by atoms with Crippen LogP contribution in [0.2, 0.25) is 0 Å². The largest absolute Gasteiger partial charge is 0.512 e. The van der Waals surface area contributed by atoms with E-state index in [9.17, 15) is 19.8 Å². The number of aliphatic hydroxyl groups is 2. The third-order valence-electron chi connectivity index (χ3n) is 4.86. The maximum atomic E-state index is 9.99. The summed E-state index contributed by atoms with van der Waals surface area (Å²) < 4.78 is 0. The van der Waals surface area contributed by atoms with Gasteiger partial charge in [0.05, 0.1) is 23.3 Å². The van der Waals surface area contributed by atoms with Gasteiger partial charge in [0, 0.05) is 34.6 Å². The molecule has 0 aromatic heterocycles. The van der Waals surface area contributed by atoms with Gasteiger partial charge in [0.2, 0.25) is 0 Å². The molecule has 0 saturated heterocycles. The summed E-state index contributed by atoms with van der Waals surface area (Å²) >= 11 is 0. The number of hydrogen-bond acceptors (Lipinski definition) is 2. The van der Waals surface area contributed by atoms with E-state index < -0.39 is 0 Å². The molecule has 0 aliphatic heterocycles. The minimum absolute atomic E-state index is 0. The zero-order chi connectivity index (χ0) is 21.6. The van der Waals surface area contributed by atoms with Crippen molar-refractivity contribution in [2.75, 3.05) is 0 Å². The third kappa shape index (κ3) is 11.0. The number of benzene rings is 2. The molecule has 5 heteroatoms. The Hall–Kier alpha value is -2.43. The predicted molar refractivity (Wildman–Crippen MR) is 123 cm³/mol. The van der Waals surface area contributed by atoms with Crippen LogP contribution in [0.4, 0.5) is 0 Å². The number of hydrogen-bond donors (Lipinski definition) is 2. The van der Waals surface area contributed by atoms with Crippen molar-refractivity contribution in [2.45, 2.75) is 51.4 Å². The van der Waals surface area contributed by atoms with E-state index in [1.165, 1.54) is 12.2 Å². The van der Waals surface area contributed by atoms with Crippen LogP contribution in [0, 0.1) is 0 Å². The van der Waals surface area contributed by atoms with E-state index in [0.29, 0.717) is 24.0 Å². The molecule has 0 aliphatic rings. The molecule has 0 bridgehead atoms. The predicted octanol–water partition coefficient (Wildman–Crippen LogP) is 6.17. The molecule has 0 aliphatic carbocycles. The molecule has 31 heavy (non-hydrogen) atoms. The van der Waals surface area contributed by atoms with E-state index in [1.54, 1.807) is 24.3 Å². The van der Waals surface area contributed by atoms with Gasteiger partial charge < -0.3 is 10.2 Å². The average Bonchev–Trinajstić information content (AvgIpc) is 2.76. The molecule has 162 valence electrons. The minimum atomic E-state index is 0. The van der Waals surface area contributed by atoms with Gasteiger partial charge in [0.25, 0.3) is 0 Å². The van der Waals surface area contributed by atoms with Crippen molar-refractivity contribution in [1.29, 1.82) is 0 Å². The Morgan fingerprint density at radius 2 is 0.903 bits per heavy atom. The van der Waals surface area contributed by atoms with Crippen molar-refractivity contribution in [3.05, 3.63) is 95.5 Å². The van der Waals surface area contributed by atoms with Crippen molar-refractivity contribution in [3.63, 3.8) is 0 Å². The maximum absolute atomic E-state index is 9.99. The Morgan fingerprint density at radius 1 is 0.581 bits per heavy atom. The molecule has 4 N–H and O–H groups in total. The van der Waals surface area contributed by atoms with Crippen LogP contribution in [0.1, 0.15) is 62.5 Å².